The Balaban J connectivity index is 1.86. The van der Waals surface area contributed by atoms with Crippen molar-refractivity contribution >= 4 is 17.2 Å². The third kappa shape index (κ3) is 5.59. The van der Waals surface area contributed by atoms with Crippen LogP contribution in [0.4, 0.5) is 5.69 Å². The summed E-state index contributed by atoms with van der Waals surface area (Å²) in [5.41, 5.74) is 13.1. The van der Waals surface area contributed by atoms with E-state index in [0.717, 1.165) is 16.9 Å². The van der Waals surface area contributed by atoms with Crippen LogP contribution in [0.15, 0.2) is 77.6 Å². The lowest BCUT2D eigenvalue weighted by molar-refractivity contribution is -0.118. The van der Waals surface area contributed by atoms with Gasteiger partial charge in [-0.15, -0.1) is 0 Å². The molecule has 2 aromatic carbocycles. The first-order valence-electron chi connectivity index (χ1n) is 9.34. The molecule has 0 bridgehead atoms. The Labute approximate surface area is 168 Å². The van der Waals surface area contributed by atoms with E-state index in [9.17, 15) is 9.59 Å². The van der Waals surface area contributed by atoms with Gasteiger partial charge in [0.25, 0.3) is 5.56 Å². The molecule has 0 saturated carbocycles. The molecule has 6 nitrogen and oxygen atoms in total. The molecule has 29 heavy (non-hydrogen) atoms. The number of benzene rings is 2. The first-order valence-corrected chi connectivity index (χ1v) is 9.34. The first-order chi connectivity index (χ1) is 14.0. The van der Waals surface area contributed by atoms with Crippen LogP contribution in [0.25, 0.3) is 5.57 Å². The van der Waals surface area contributed by atoms with Gasteiger partial charge in [-0.2, -0.15) is 0 Å². The zero-order valence-electron chi connectivity index (χ0n) is 15.9. The van der Waals surface area contributed by atoms with Crippen LogP contribution in [0.1, 0.15) is 30.5 Å². The van der Waals surface area contributed by atoms with Crippen LogP contribution in [0, 0.1) is 0 Å². The number of carbonyl (C=O) groups excluding carboxylic acids is 1. The van der Waals surface area contributed by atoms with Crippen LogP contribution >= 0.6 is 0 Å². The molecule has 0 radical (unpaired) electrons. The number of primary amides is 1. The molecule has 0 saturated heterocycles. The maximum Gasteiger partial charge on any atom is 0.271 e. The van der Waals surface area contributed by atoms with E-state index in [-0.39, 0.29) is 17.2 Å². The molecular formula is C23H23N3O3. The lowest BCUT2D eigenvalue weighted by atomic mass is 9.99. The fourth-order valence-electron chi connectivity index (χ4n) is 2.88. The number of unbranched alkanes of at least 4 members (excludes halogenated alkanes) is 1. The number of hydrogen-bond acceptors (Lipinski definition) is 4. The highest BCUT2D eigenvalue weighted by Crippen LogP contribution is 2.27. The Morgan fingerprint density at radius 3 is 2.31 bits per heavy atom. The number of hydrogen-bond donors (Lipinski definition) is 3. The standard InChI is InChI=1S/C23H23N3O3/c24-20-14-15-21(26-23(20)28)19(8-4-5-9-22(25)27)16-10-12-18(13-11-16)29-17-6-2-1-3-7-17/h1-3,6-8,10-15H,4-5,9,24H2,(H2,25,27)(H,26,28)/b19-8+. The first kappa shape index (κ1) is 19.9. The number of aromatic amines is 1. The topological polar surface area (TPSA) is 111 Å². The summed E-state index contributed by atoms with van der Waals surface area (Å²) in [5, 5.41) is 0. The van der Waals surface area contributed by atoms with Gasteiger partial charge in [-0.25, -0.2) is 0 Å². The van der Waals surface area contributed by atoms with Crippen LogP contribution in [-0.2, 0) is 4.79 Å². The largest absolute Gasteiger partial charge is 0.457 e. The number of nitrogens with two attached hydrogens (primary N) is 2. The fraction of sp³-hybridized carbons (Fsp3) is 0.130. The predicted octanol–water partition coefficient (Wildman–Crippen LogP) is 3.84. The number of carbonyl (C=O) groups is 1. The van der Waals surface area contributed by atoms with Crippen LogP contribution in [0.2, 0.25) is 0 Å². The average molecular weight is 389 g/mol. The molecule has 3 aromatic rings. The Kier molecular flexibility index (Phi) is 6.47. The number of amides is 1. The van der Waals surface area contributed by atoms with Crippen molar-refractivity contribution in [3.05, 3.63) is 94.4 Å². The summed E-state index contributed by atoms with van der Waals surface area (Å²) in [6.45, 7) is 0. The molecule has 0 aliphatic carbocycles. The smallest absolute Gasteiger partial charge is 0.271 e. The molecule has 0 unspecified atom stereocenters. The number of para-hydroxylation sites is 1. The van der Waals surface area contributed by atoms with Crippen molar-refractivity contribution in [3.8, 4) is 11.5 Å². The number of H-pyrrole nitrogens is 1. The highest BCUT2D eigenvalue weighted by molar-refractivity contribution is 5.78. The molecule has 0 fully saturated rings. The molecule has 148 valence electrons. The van der Waals surface area contributed by atoms with Crippen molar-refractivity contribution in [1.29, 1.82) is 0 Å². The minimum atomic E-state index is -0.338. The van der Waals surface area contributed by atoms with E-state index in [2.05, 4.69) is 4.98 Å². The number of allylic oxidation sites excluding steroid dienone is 1. The molecule has 0 spiro atoms. The summed E-state index contributed by atoms with van der Waals surface area (Å²) in [6, 6.07) is 20.5. The van der Waals surface area contributed by atoms with Gasteiger partial charge >= 0.3 is 0 Å². The summed E-state index contributed by atoms with van der Waals surface area (Å²) in [4.78, 5) is 25.7. The van der Waals surface area contributed by atoms with Gasteiger partial charge in [-0.1, -0.05) is 36.4 Å². The molecule has 5 N–H and O–H groups in total. The van der Waals surface area contributed by atoms with Gasteiger partial charge in [-0.3, -0.25) is 9.59 Å². The molecule has 1 heterocycles. The number of anilines is 1. The summed E-state index contributed by atoms with van der Waals surface area (Å²) in [6.07, 6.45) is 3.57. The van der Waals surface area contributed by atoms with Gasteiger partial charge in [0.2, 0.25) is 5.91 Å². The summed E-state index contributed by atoms with van der Waals surface area (Å²) in [7, 11) is 0. The number of nitrogen functional groups attached to an aromatic ring is 1. The van der Waals surface area contributed by atoms with E-state index in [1.54, 1.807) is 12.1 Å². The van der Waals surface area contributed by atoms with Crippen molar-refractivity contribution in [2.45, 2.75) is 19.3 Å². The lowest BCUT2D eigenvalue weighted by Gasteiger charge is -2.11. The molecule has 6 heteroatoms. The van der Waals surface area contributed by atoms with Gasteiger partial charge in [0.15, 0.2) is 0 Å². The van der Waals surface area contributed by atoms with Crippen molar-refractivity contribution in [1.82, 2.24) is 4.98 Å². The minimum Gasteiger partial charge on any atom is -0.457 e. The van der Waals surface area contributed by atoms with Crippen molar-refractivity contribution < 1.29 is 9.53 Å². The van der Waals surface area contributed by atoms with Gasteiger partial charge in [0.1, 0.15) is 11.5 Å². The lowest BCUT2D eigenvalue weighted by Crippen LogP contribution is -2.13. The van der Waals surface area contributed by atoms with Gasteiger partial charge in [-0.05, 0) is 54.8 Å². The second-order valence-corrected chi connectivity index (χ2v) is 6.57. The van der Waals surface area contributed by atoms with Gasteiger partial charge < -0.3 is 21.2 Å². The van der Waals surface area contributed by atoms with E-state index in [1.165, 1.54) is 0 Å². The molecule has 0 aliphatic heterocycles. The number of rotatable bonds is 8. The third-order valence-corrected chi connectivity index (χ3v) is 4.35. The second kappa shape index (κ2) is 9.41. The predicted molar refractivity (Wildman–Crippen MR) is 115 cm³/mol. The Hall–Kier alpha value is -3.80. The number of aromatic nitrogens is 1. The molecular weight excluding hydrogens is 366 g/mol. The number of nitrogens with one attached hydrogen (secondary N) is 1. The molecule has 1 amide bonds. The van der Waals surface area contributed by atoms with Crippen molar-refractivity contribution in [2.24, 2.45) is 5.73 Å². The zero-order chi connectivity index (χ0) is 20.6. The third-order valence-electron chi connectivity index (χ3n) is 4.35. The Morgan fingerprint density at radius 2 is 1.66 bits per heavy atom. The van der Waals surface area contributed by atoms with E-state index >= 15 is 0 Å². The van der Waals surface area contributed by atoms with Crippen LogP contribution in [0.3, 0.4) is 0 Å². The summed E-state index contributed by atoms with van der Waals surface area (Å²) >= 11 is 0. The summed E-state index contributed by atoms with van der Waals surface area (Å²) in [5.74, 6) is 1.13. The van der Waals surface area contributed by atoms with Gasteiger partial charge in [0.05, 0.1) is 5.69 Å². The van der Waals surface area contributed by atoms with E-state index in [0.29, 0.717) is 30.7 Å². The Bertz CT molecular complexity index is 1050. The van der Waals surface area contributed by atoms with Crippen LogP contribution in [0.5, 0.6) is 11.5 Å². The van der Waals surface area contributed by atoms with Crippen LogP contribution < -0.4 is 21.8 Å². The monoisotopic (exact) mass is 389 g/mol. The van der Waals surface area contributed by atoms with Crippen molar-refractivity contribution in [2.75, 3.05) is 5.73 Å². The highest BCUT2D eigenvalue weighted by Gasteiger charge is 2.08. The SMILES string of the molecule is NC(=O)CCC/C=C(\c1ccc(Oc2ccccc2)cc1)c1ccc(N)c(=O)[nH]1. The number of ether oxygens (including phenoxy) is 1. The van der Waals surface area contributed by atoms with Crippen molar-refractivity contribution in [3.63, 3.8) is 0 Å². The summed E-state index contributed by atoms with van der Waals surface area (Å²) < 4.78 is 5.83. The number of pyridine rings is 1. The second-order valence-electron chi connectivity index (χ2n) is 6.57. The van der Waals surface area contributed by atoms with E-state index < -0.39 is 0 Å². The van der Waals surface area contributed by atoms with E-state index in [4.69, 9.17) is 16.2 Å². The quantitative estimate of drug-likeness (QED) is 0.508. The highest BCUT2D eigenvalue weighted by atomic mass is 16.5. The Morgan fingerprint density at radius 1 is 0.966 bits per heavy atom. The fourth-order valence-corrected chi connectivity index (χ4v) is 2.88. The van der Waals surface area contributed by atoms with Crippen LogP contribution in [-0.4, -0.2) is 10.9 Å². The normalized spacial score (nSPS) is 11.2. The maximum absolute atomic E-state index is 12.0. The minimum absolute atomic E-state index is 0.161. The molecule has 0 atom stereocenters. The molecule has 1 aromatic heterocycles. The maximum atomic E-state index is 12.0. The molecule has 3 rings (SSSR count). The van der Waals surface area contributed by atoms with Gasteiger partial charge in [0, 0.05) is 17.7 Å². The molecule has 0 aliphatic rings. The average Bonchev–Trinajstić information content (AvgIpc) is 2.72. The zero-order valence-corrected chi connectivity index (χ0v) is 15.9. The van der Waals surface area contributed by atoms with E-state index in [1.807, 2.05) is 60.7 Å².